The molecule has 1 fully saturated rings. The molecular weight excluding hydrogens is 224 g/mol. The first-order valence-corrected chi connectivity index (χ1v) is 5.59. The Bertz CT molecular complexity index is 415. The zero-order chi connectivity index (χ0) is 12.4. The van der Waals surface area contributed by atoms with E-state index in [0.29, 0.717) is 12.8 Å². The van der Waals surface area contributed by atoms with Crippen molar-refractivity contribution < 1.29 is 19.1 Å². The van der Waals surface area contributed by atoms with Gasteiger partial charge in [0.2, 0.25) is 5.91 Å². The maximum absolute atomic E-state index is 11.9. The fourth-order valence-electron chi connectivity index (χ4n) is 2.30. The number of piperidine rings is 1. The van der Waals surface area contributed by atoms with Crippen LogP contribution in [0, 0.1) is 5.92 Å². The molecule has 0 bridgehead atoms. The maximum Gasteiger partial charge on any atom is 0.308 e. The van der Waals surface area contributed by atoms with Crippen LogP contribution < -0.4 is 4.90 Å². The van der Waals surface area contributed by atoms with E-state index in [0.717, 1.165) is 0 Å². The van der Waals surface area contributed by atoms with E-state index in [1.54, 1.807) is 0 Å². The van der Waals surface area contributed by atoms with Gasteiger partial charge in [-0.05, 0) is 12.8 Å². The van der Waals surface area contributed by atoms with Crippen LogP contribution in [0.1, 0.15) is 26.2 Å². The second kappa shape index (κ2) is 4.57. The molecule has 1 N–H and O–H groups in total. The maximum atomic E-state index is 11.9. The Morgan fingerprint density at radius 2 is 2.47 bits per heavy atom. The van der Waals surface area contributed by atoms with Crippen LogP contribution in [-0.2, 0) is 9.59 Å². The van der Waals surface area contributed by atoms with Crippen molar-refractivity contribution in [1.82, 2.24) is 4.98 Å². The summed E-state index contributed by atoms with van der Waals surface area (Å²) >= 11 is 0. The molecule has 0 radical (unpaired) electrons. The van der Waals surface area contributed by atoms with E-state index in [4.69, 9.17) is 9.52 Å². The lowest BCUT2D eigenvalue weighted by Crippen LogP contribution is -2.51. The molecule has 6 heteroatoms. The molecule has 2 atom stereocenters. The summed E-state index contributed by atoms with van der Waals surface area (Å²) in [6, 6.07) is -0.194. The minimum Gasteiger partial charge on any atom is -0.481 e. The van der Waals surface area contributed by atoms with Gasteiger partial charge >= 0.3 is 12.0 Å². The summed E-state index contributed by atoms with van der Waals surface area (Å²) in [6.45, 7) is 1.86. The Labute approximate surface area is 98.2 Å². The van der Waals surface area contributed by atoms with Crippen molar-refractivity contribution in [3.63, 3.8) is 0 Å². The quantitative estimate of drug-likeness (QED) is 0.857. The second-order valence-corrected chi connectivity index (χ2v) is 4.04. The van der Waals surface area contributed by atoms with Gasteiger partial charge in [0.15, 0.2) is 0 Å². The normalized spacial score (nSPS) is 25.0. The summed E-state index contributed by atoms with van der Waals surface area (Å²) in [7, 11) is 0. The number of amides is 1. The number of oxazole rings is 1. The molecule has 92 valence electrons. The highest BCUT2D eigenvalue weighted by Gasteiger charge is 2.41. The molecular formula is C11H14N2O4. The highest BCUT2D eigenvalue weighted by Crippen LogP contribution is 2.30. The number of carboxylic acid groups (broad SMARTS) is 1. The highest BCUT2D eigenvalue weighted by molar-refractivity contribution is 5.94. The largest absolute Gasteiger partial charge is 0.481 e. The van der Waals surface area contributed by atoms with Crippen LogP contribution in [0.15, 0.2) is 16.9 Å². The molecule has 1 aromatic heterocycles. The topological polar surface area (TPSA) is 83.6 Å². The third-order valence-corrected chi connectivity index (χ3v) is 3.09. The summed E-state index contributed by atoms with van der Waals surface area (Å²) in [6.07, 6.45) is 3.98. The average molecular weight is 238 g/mol. The van der Waals surface area contributed by atoms with Gasteiger partial charge in [0.05, 0.1) is 18.2 Å². The summed E-state index contributed by atoms with van der Waals surface area (Å²) in [5.41, 5.74) is 0. The molecule has 1 aliphatic rings. The third kappa shape index (κ3) is 2.02. The Kier molecular flexibility index (Phi) is 3.12. The van der Waals surface area contributed by atoms with Crippen LogP contribution in [0.3, 0.4) is 0 Å². The summed E-state index contributed by atoms with van der Waals surface area (Å²) in [5, 5.41) is 9.15. The Hall–Kier alpha value is -1.85. The first-order chi connectivity index (χ1) is 8.15. The number of anilines is 1. The number of aromatic nitrogens is 1. The fourth-order valence-corrected chi connectivity index (χ4v) is 2.30. The van der Waals surface area contributed by atoms with Crippen LogP contribution in [-0.4, -0.2) is 28.0 Å². The van der Waals surface area contributed by atoms with Gasteiger partial charge in [0.1, 0.15) is 6.26 Å². The zero-order valence-electron chi connectivity index (χ0n) is 9.50. The number of rotatable bonds is 3. The number of carbonyl (C=O) groups is 2. The fraction of sp³-hybridized carbons (Fsp3) is 0.545. The van der Waals surface area contributed by atoms with Gasteiger partial charge < -0.3 is 9.52 Å². The van der Waals surface area contributed by atoms with Crippen molar-refractivity contribution >= 4 is 17.9 Å². The van der Waals surface area contributed by atoms with E-state index in [1.165, 1.54) is 17.4 Å². The van der Waals surface area contributed by atoms with Crippen molar-refractivity contribution in [2.45, 2.75) is 32.2 Å². The molecule has 1 amide bonds. The van der Waals surface area contributed by atoms with E-state index in [2.05, 4.69) is 4.98 Å². The molecule has 2 heterocycles. The lowest BCUT2D eigenvalue weighted by molar-refractivity contribution is -0.144. The predicted octanol–water partition coefficient (Wildman–Crippen LogP) is 1.28. The van der Waals surface area contributed by atoms with Crippen molar-refractivity contribution in [3.8, 4) is 0 Å². The van der Waals surface area contributed by atoms with E-state index in [9.17, 15) is 9.59 Å². The molecule has 6 nitrogen and oxygen atoms in total. The summed E-state index contributed by atoms with van der Waals surface area (Å²) < 4.78 is 5.10. The number of hydrogen-bond donors (Lipinski definition) is 1. The van der Waals surface area contributed by atoms with E-state index in [1.807, 2.05) is 6.92 Å². The van der Waals surface area contributed by atoms with Gasteiger partial charge in [0.25, 0.3) is 0 Å². The predicted molar refractivity (Wildman–Crippen MR) is 58.4 cm³/mol. The molecule has 1 saturated heterocycles. The minimum absolute atomic E-state index is 0.128. The van der Waals surface area contributed by atoms with E-state index < -0.39 is 11.9 Å². The van der Waals surface area contributed by atoms with Crippen LogP contribution in [0.5, 0.6) is 0 Å². The number of aliphatic carboxylic acids is 1. The Morgan fingerprint density at radius 3 is 3.00 bits per heavy atom. The van der Waals surface area contributed by atoms with Gasteiger partial charge in [-0.2, -0.15) is 0 Å². The number of nitrogens with zero attached hydrogens (tertiary/aromatic N) is 2. The van der Waals surface area contributed by atoms with Crippen LogP contribution >= 0.6 is 0 Å². The first-order valence-electron chi connectivity index (χ1n) is 5.59. The van der Waals surface area contributed by atoms with Gasteiger partial charge in [-0.15, -0.1) is 0 Å². The van der Waals surface area contributed by atoms with Gasteiger partial charge in [-0.3, -0.25) is 14.5 Å². The molecule has 17 heavy (non-hydrogen) atoms. The van der Waals surface area contributed by atoms with Crippen LogP contribution in [0.4, 0.5) is 6.01 Å². The SMILES string of the molecule is CC[C@@H]1[C@@H](C(=O)O)CCC(=O)N1c1ncco1. The highest BCUT2D eigenvalue weighted by atomic mass is 16.4. The molecule has 0 aliphatic carbocycles. The van der Waals surface area contributed by atoms with Gasteiger partial charge in [-0.25, -0.2) is 4.98 Å². The van der Waals surface area contributed by atoms with Crippen molar-refractivity contribution in [1.29, 1.82) is 0 Å². The van der Waals surface area contributed by atoms with Gasteiger partial charge in [-0.1, -0.05) is 6.92 Å². The monoisotopic (exact) mass is 238 g/mol. The summed E-state index contributed by atoms with van der Waals surface area (Å²) in [4.78, 5) is 28.3. The summed E-state index contributed by atoms with van der Waals surface area (Å²) in [5.74, 6) is -1.55. The minimum atomic E-state index is -0.874. The van der Waals surface area contributed by atoms with Crippen molar-refractivity contribution in [3.05, 3.63) is 12.5 Å². The molecule has 0 aromatic carbocycles. The molecule has 0 unspecified atom stereocenters. The van der Waals surface area contributed by atoms with Crippen LogP contribution in [0.2, 0.25) is 0 Å². The zero-order valence-corrected chi connectivity index (χ0v) is 9.50. The van der Waals surface area contributed by atoms with E-state index in [-0.39, 0.29) is 24.4 Å². The lowest BCUT2D eigenvalue weighted by atomic mass is 9.87. The number of hydrogen-bond acceptors (Lipinski definition) is 4. The lowest BCUT2D eigenvalue weighted by Gasteiger charge is -2.36. The van der Waals surface area contributed by atoms with Gasteiger partial charge in [0, 0.05) is 6.42 Å². The van der Waals surface area contributed by atoms with Crippen molar-refractivity contribution in [2.75, 3.05) is 4.90 Å². The van der Waals surface area contributed by atoms with E-state index >= 15 is 0 Å². The Morgan fingerprint density at radius 1 is 1.71 bits per heavy atom. The van der Waals surface area contributed by atoms with Crippen LogP contribution in [0.25, 0.3) is 0 Å². The standard InChI is InChI=1S/C11H14N2O4/c1-2-8-7(10(15)16)3-4-9(14)13(8)11-12-5-6-17-11/h5-8H,2-4H2,1H3,(H,15,16)/t7-,8+/m0/s1. The average Bonchev–Trinajstić information content (AvgIpc) is 2.81. The first kappa shape index (κ1) is 11.6. The molecule has 2 rings (SSSR count). The molecule has 1 aromatic rings. The molecule has 0 spiro atoms. The molecule has 1 aliphatic heterocycles. The number of carboxylic acids is 1. The van der Waals surface area contributed by atoms with Crippen molar-refractivity contribution in [2.24, 2.45) is 5.92 Å². The molecule has 0 saturated carbocycles. The smallest absolute Gasteiger partial charge is 0.308 e. The second-order valence-electron chi connectivity index (χ2n) is 4.04. The number of carbonyl (C=O) groups excluding carboxylic acids is 1. The Balaban J connectivity index is 2.32. The third-order valence-electron chi connectivity index (χ3n) is 3.09.